The molecule has 0 bridgehead atoms. The van der Waals surface area contributed by atoms with Gasteiger partial charge in [-0.05, 0) is 60.9 Å². The molecule has 35 heavy (non-hydrogen) atoms. The number of nitrogens with one attached hydrogen (secondary N) is 2. The fourth-order valence-corrected chi connectivity index (χ4v) is 4.33. The molecule has 0 radical (unpaired) electrons. The highest BCUT2D eigenvalue weighted by Gasteiger charge is 2.15. The Balaban J connectivity index is 1.26. The lowest BCUT2D eigenvalue weighted by Crippen LogP contribution is -2.27. The minimum Gasteiger partial charge on any atom is -0.459 e. The lowest BCUT2D eigenvalue weighted by Gasteiger charge is -2.16. The van der Waals surface area contributed by atoms with Gasteiger partial charge in [-0.1, -0.05) is 25.0 Å². The molecule has 0 aliphatic carbocycles. The zero-order valence-electron chi connectivity index (χ0n) is 19.3. The van der Waals surface area contributed by atoms with E-state index in [2.05, 4.69) is 10.6 Å². The van der Waals surface area contributed by atoms with Gasteiger partial charge in [0.25, 0.3) is 17.4 Å². The predicted octanol–water partition coefficient (Wildman–Crippen LogP) is 4.29. The number of nitrogens with zero attached hydrogens (tertiary/aromatic N) is 2. The van der Waals surface area contributed by atoms with Crippen LogP contribution in [0.1, 0.15) is 58.0 Å². The van der Waals surface area contributed by atoms with Crippen molar-refractivity contribution in [3.8, 4) is 0 Å². The van der Waals surface area contributed by atoms with Gasteiger partial charge in [-0.15, -0.1) is 0 Å². The van der Waals surface area contributed by atoms with Crippen molar-refractivity contribution in [2.45, 2.75) is 45.2 Å². The number of anilines is 1. The molecule has 0 unspecified atom stereocenters. The lowest BCUT2D eigenvalue weighted by molar-refractivity contribution is 0.0950. The maximum absolute atomic E-state index is 13.0. The summed E-state index contributed by atoms with van der Waals surface area (Å²) in [5.41, 5.74) is 2.50. The number of fused-ring (bicyclic) bond motifs is 2. The van der Waals surface area contributed by atoms with Gasteiger partial charge >= 0.3 is 0 Å². The molecule has 2 amide bonds. The average molecular weight is 471 g/mol. The molecule has 2 aromatic carbocycles. The molecule has 0 spiro atoms. The Morgan fingerprint density at radius 2 is 1.80 bits per heavy atom. The van der Waals surface area contributed by atoms with Crippen molar-refractivity contribution in [3.05, 3.63) is 93.9 Å². The van der Waals surface area contributed by atoms with Gasteiger partial charge in [0.15, 0.2) is 5.76 Å². The largest absolute Gasteiger partial charge is 0.459 e. The van der Waals surface area contributed by atoms with Crippen LogP contribution in [0.3, 0.4) is 0 Å². The maximum atomic E-state index is 13.0. The van der Waals surface area contributed by atoms with Gasteiger partial charge in [-0.2, -0.15) is 0 Å². The minimum absolute atomic E-state index is 0.0295. The molecule has 8 heteroatoms. The Morgan fingerprint density at radius 1 is 0.971 bits per heavy atom. The van der Waals surface area contributed by atoms with Crippen molar-refractivity contribution >= 4 is 28.4 Å². The van der Waals surface area contributed by atoms with Crippen molar-refractivity contribution in [1.82, 2.24) is 14.9 Å². The zero-order chi connectivity index (χ0) is 24.2. The molecule has 2 N–H and O–H groups in total. The first-order chi connectivity index (χ1) is 17.1. The number of carbonyl (C=O) groups excluding carboxylic acids is 2. The van der Waals surface area contributed by atoms with Crippen LogP contribution in [-0.2, 0) is 19.5 Å². The summed E-state index contributed by atoms with van der Waals surface area (Å²) in [7, 11) is 0. The molecule has 5 rings (SSSR count). The summed E-state index contributed by atoms with van der Waals surface area (Å²) in [6.07, 6.45) is 6.50. The monoisotopic (exact) mass is 470 g/mol. The first-order valence-electron chi connectivity index (χ1n) is 11.8. The van der Waals surface area contributed by atoms with Gasteiger partial charge in [0, 0.05) is 30.8 Å². The molecule has 1 aliphatic heterocycles. The van der Waals surface area contributed by atoms with Gasteiger partial charge in [-0.3, -0.25) is 19.0 Å². The molecule has 0 saturated heterocycles. The van der Waals surface area contributed by atoms with Gasteiger partial charge in [0.05, 0.1) is 17.2 Å². The van der Waals surface area contributed by atoms with E-state index in [0.717, 1.165) is 43.5 Å². The summed E-state index contributed by atoms with van der Waals surface area (Å²) in [6, 6.07) is 15.5. The number of furan rings is 1. The molecule has 0 fully saturated rings. The predicted molar refractivity (Wildman–Crippen MR) is 132 cm³/mol. The molecule has 4 aromatic rings. The van der Waals surface area contributed by atoms with Crippen molar-refractivity contribution in [2.24, 2.45) is 0 Å². The van der Waals surface area contributed by atoms with Crippen LogP contribution in [-0.4, -0.2) is 21.4 Å². The van der Waals surface area contributed by atoms with Crippen LogP contribution in [0, 0.1) is 0 Å². The molecule has 1 aliphatic rings. The van der Waals surface area contributed by atoms with Crippen LogP contribution in [0.4, 0.5) is 5.69 Å². The van der Waals surface area contributed by atoms with E-state index < -0.39 is 0 Å². The van der Waals surface area contributed by atoms with Crippen molar-refractivity contribution in [2.75, 3.05) is 5.32 Å². The molecule has 0 saturated carbocycles. The highest BCUT2D eigenvalue weighted by molar-refractivity contribution is 6.02. The summed E-state index contributed by atoms with van der Waals surface area (Å²) in [5, 5.41) is 6.20. The van der Waals surface area contributed by atoms with Crippen LogP contribution < -0.4 is 16.2 Å². The highest BCUT2D eigenvalue weighted by atomic mass is 16.3. The third-order valence-electron chi connectivity index (χ3n) is 6.24. The first kappa shape index (κ1) is 22.6. The van der Waals surface area contributed by atoms with E-state index in [0.29, 0.717) is 35.2 Å². The summed E-state index contributed by atoms with van der Waals surface area (Å²) in [5.74, 6) is 0.475. The van der Waals surface area contributed by atoms with Gasteiger partial charge in [0.2, 0.25) is 0 Å². The minimum atomic E-state index is -0.326. The number of carbonyl (C=O) groups is 2. The summed E-state index contributed by atoms with van der Waals surface area (Å²) in [4.78, 5) is 42.6. The smallest absolute Gasteiger partial charge is 0.291 e. The lowest BCUT2D eigenvalue weighted by atomic mass is 10.1. The van der Waals surface area contributed by atoms with Gasteiger partial charge < -0.3 is 15.1 Å². The second kappa shape index (κ2) is 9.97. The van der Waals surface area contributed by atoms with Gasteiger partial charge in [0.1, 0.15) is 5.82 Å². The Kier molecular flexibility index (Phi) is 6.43. The van der Waals surface area contributed by atoms with E-state index >= 15 is 0 Å². The summed E-state index contributed by atoms with van der Waals surface area (Å²) < 4.78 is 6.88. The number of amides is 2. The third-order valence-corrected chi connectivity index (χ3v) is 6.24. The Morgan fingerprint density at radius 3 is 2.60 bits per heavy atom. The molecule has 3 heterocycles. The quantitative estimate of drug-likeness (QED) is 0.453. The van der Waals surface area contributed by atoms with Gasteiger partial charge in [-0.25, -0.2) is 4.98 Å². The summed E-state index contributed by atoms with van der Waals surface area (Å²) >= 11 is 0. The standard InChI is InChI=1S/C27H26N4O4/c32-25(28-17-18-8-11-20(12-9-18)29-26(33)23-6-5-15-35-23)19-10-13-21-22(16-19)30-24-7-3-1-2-4-14-31(24)27(21)34/h5-6,8-13,15-16H,1-4,7,14,17H2,(H,28,32)(H,29,33). The van der Waals surface area contributed by atoms with E-state index in [-0.39, 0.29) is 23.1 Å². The van der Waals surface area contributed by atoms with E-state index in [9.17, 15) is 14.4 Å². The summed E-state index contributed by atoms with van der Waals surface area (Å²) in [6.45, 7) is 1.02. The first-order valence-corrected chi connectivity index (χ1v) is 11.8. The number of aromatic nitrogens is 2. The molecular formula is C27H26N4O4. The van der Waals surface area contributed by atoms with Crippen LogP contribution in [0.2, 0.25) is 0 Å². The van der Waals surface area contributed by atoms with Crippen LogP contribution in [0.15, 0.2) is 70.1 Å². The zero-order valence-corrected chi connectivity index (χ0v) is 19.3. The van der Waals surface area contributed by atoms with Crippen molar-refractivity contribution < 1.29 is 14.0 Å². The molecule has 0 atom stereocenters. The fraction of sp³-hybridized carbons (Fsp3) is 0.259. The number of rotatable bonds is 5. The Labute approximate surface area is 202 Å². The second-order valence-electron chi connectivity index (χ2n) is 8.69. The Bertz CT molecular complexity index is 1420. The highest BCUT2D eigenvalue weighted by Crippen LogP contribution is 2.17. The van der Waals surface area contributed by atoms with Crippen molar-refractivity contribution in [1.29, 1.82) is 0 Å². The van der Waals surface area contributed by atoms with E-state index in [1.807, 2.05) is 12.1 Å². The fourth-order valence-electron chi connectivity index (χ4n) is 4.33. The maximum Gasteiger partial charge on any atom is 0.291 e. The normalized spacial score (nSPS) is 13.5. The van der Waals surface area contributed by atoms with Crippen LogP contribution in [0.25, 0.3) is 10.9 Å². The molecule has 178 valence electrons. The Hall–Kier alpha value is -4.20. The topological polar surface area (TPSA) is 106 Å². The van der Waals surface area contributed by atoms with E-state index in [1.54, 1.807) is 47.0 Å². The van der Waals surface area contributed by atoms with Crippen LogP contribution in [0.5, 0.6) is 0 Å². The molecule has 8 nitrogen and oxygen atoms in total. The number of hydrogen-bond acceptors (Lipinski definition) is 5. The van der Waals surface area contributed by atoms with E-state index in [4.69, 9.17) is 9.40 Å². The number of hydrogen-bond donors (Lipinski definition) is 2. The van der Waals surface area contributed by atoms with E-state index in [1.165, 1.54) is 6.26 Å². The SMILES string of the molecule is O=C(NCc1ccc(NC(=O)c2ccco2)cc1)c1ccc2c(=O)n3c(nc2c1)CCCCCC3. The van der Waals surface area contributed by atoms with Crippen molar-refractivity contribution in [3.63, 3.8) is 0 Å². The second-order valence-corrected chi connectivity index (χ2v) is 8.69. The number of benzene rings is 2. The average Bonchev–Trinajstić information content (AvgIpc) is 3.40. The third kappa shape index (κ3) is 5.01. The number of aryl methyl sites for hydroxylation is 1. The van der Waals surface area contributed by atoms with Crippen LogP contribution >= 0.6 is 0 Å². The molecular weight excluding hydrogens is 444 g/mol. The molecule has 2 aromatic heterocycles.